The Hall–Kier alpha value is -0.0800. The molecule has 1 aliphatic heterocycles. The molecular weight excluding hydrogens is 148 g/mol. The zero-order valence-electron chi connectivity index (χ0n) is 8.88. The summed E-state index contributed by atoms with van der Waals surface area (Å²) in [4.78, 5) is 4.95. The Kier molecular flexibility index (Phi) is 3.53. The van der Waals surface area contributed by atoms with Gasteiger partial charge < -0.3 is 4.90 Å². The van der Waals surface area contributed by atoms with Crippen LogP contribution >= 0.6 is 0 Å². The summed E-state index contributed by atoms with van der Waals surface area (Å²) >= 11 is 0. The van der Waals surface area contributed by atoms with Crippen molar-refractivity contribution < 1.29 is 0 Å². The molecule has 0 saturated carbocycles. The number of rotatable bonds is 3. The summed E-state index contributed by atoms with van der Waals surface area (Å²) < 4.78 is 0. The van der Waals surface area contributed by atoms with Gasteiger partial charge in [0.15, 0.2) is 0 Å². The van der Waals surface area contributed by atoms with Crippen LogP contribution in [0.4, 0.5) is 0 Å². The van der Waals surface area contributed by atoms with Crippen LogP contribution in [0.1, 0.15) is 26.7 Å². The summed E-state index contributed by atoms with van der Waals surface area (Å²) in [7, 11) is 4.47. The predicted molar refractivity (Wildman–Crippen MR) is 53.4 cm³/mol. The first-order chi connectivity index (χ1) is 5.65. The Bertz CT molecular complexity index is 136. The van der Waals surface area contributed by atoms with Crippen molar-refractivity contribution in [3.8, 4) is 0 Å². The maximum Gasteiger partial charge on any atom is 0.0234 e. The van der Waals surface area contributed by atoms with Crippen LogP contribution in [0.2, 0.25) is 0 Å². The monoisotopic (exact) mass is 170 g/mol. The largest absolute Gasteiger partial charge is 0.305 e. The van der Waals surface area contributed by atoms with Crippen LogP contribution in [0.5, 0.6) is 0 Å². The fourth-order valence-electron chi connectivity index (χ4n) is 1.89. The molecule has 2 nitrogen and oxygen atoms in total. The molecule has 0 radical (unpaired) electrons. The van der Waals surface area contributed by atoms with E-state index in [9.17, 15) is 0 Å². The second-order valence-corrected chi connectivity index (χ2v) is 4.13. The molecule has 1 aliphatic rings. The minimum atomic E-state index is 0.737. The average Bonchev–Trinajstić information content (AvgIpc) is 2.49. The maximum atomic E-state index is 2.53. The molecule has 2 atom stereocenters. The van der Waals surface area contributed by atoms with Crippen LogP contribution in [-0.2, 0) is 0 Å². The Morgan fingerprint density at radius 2 is 2.25 bits per heavy atom. The standard InChI is InChI=1S/C10H22N2/c1-5-9(2)12(4)10-6-7-11(3)8-10/h9-10H,5-8H2,1-4H3. The molecule has 72 valence electrons. The van der Waals surface area contributed by atoms with Gasteiger partial charge in [0, 0.05) is 18.6 Å². The van der Waals surface area contributed by atoms with Crippen molar-refractivity contribution in [1.29, 1.82) is 0 Å². The molecule has 1 heterocycles. The number of nitrogens with zero attached hydrogens (tertiary/aromatic N) is 2. The van der Waals surface area contributed by atoms with Gasteiger partial charge in [-0.3, -0.25) is 4.90 Å². The van der Waals surface area contributed by atoms with Crippen LogP contribution in [0.15, 0.2) is 0 Å². The number of hydrogen-bond donors (Lipinski definition) is 0. The molecule has 0 aromatic heterocycles. The molecule has 0 spiro atoms. The fourth-order valence-corrected chi connectivity index (χ4v) is 1.89. The number of likely N-dealkylation sites (N-methyl/N-ethyl adjacent to an activating group) is 2. The Morgan fingerprint density at radius 1 is 1.58 bits per heavy atom. The van der Waals surface area contributed by atoms with Gasteiger partial charge in [-0.25, -0.2) is 0 Å². The molecule has 0 aromatic carbocycles. The highest BCUT2D eigenvalue weighted by atomic mass is 15.2. The van der Waals surface area contributed by atoms with E-state index in [4.69, 9.17) is 0 Å². The van der Waals surface area contributed by atoms with E-state index in [0.29, 0.717) is 0 Å². The first kappa shape index (κ1) is 10.0. The van der Waals surface area contributed by atoms with Crippen LogP contribution < -0.4 is 0 Å². The fraction of sp³-hybridized carbons (Fsp3) is 1.00. The van der Waals surface area contributed by atoms with Crippen LogP contribution in [-0.4, -0.2) is 49.1 Å². The highest BCUT2D eigenvalue weighted by Crippen LogP contribution is 2.15. The highest BCUT2D eigenvalue weighted by Gasteiger charge is 2.25. The second kappa shape index (κ2) is 4.24. The summed E-state index contributed by atoms with van der Waals surface area (Å²) in [5.41, 5.74) is 0. The highest BCUT2D eigenvalue weighted by molar-refractivity contribution is 4.82. The van der Waals surface area contributed by atoms with Gasteiger partial charge >= 0.3 is 0 Å². The lowest BCUT2D eigenvalue weighted by atomic mass is 10.1. The van der Waals surface area contributed by atoms with Gasteiger partial charge in [0.05, 0.1) is 0 Å². The van der Waals surface area contributed by atoms with Crippen molar-refractivity contribution in [1.82, 2.24) is 9.80 Å². The van der Waals surface area contributed by atoms with Gasteiger partial charge in [0.1, 0.15) is 0 Å². The molecule has 12 heavy (non-hydrogen) atoms. The summed E-state index contributed by atoms with van der Waals surface area (Å²) in [5, 5.41) is 0. The number of likely N-dealkylation sites (tertiary alicyclic amines) is 1. The molecule has 1 saturated heterocycles. The topological polar surface area (TPSA) is 6.48 Å². The van der Waals surface area contributed by atoms with E-state index in [1.807, 2.05) is 0 Å². The summed E-state index contributed by atoms with van der Waals surface area (Å²) in [5.74, 6) is 0. The molecular formula is C10H22N2. The van der Waals surface area contributed by atoms with Crippen molar-refractivity contribution in [2.45, 2.75) is 38.8 Å². The Labute approximate surface area is 76.5 Å². The molecule has 0 aromatic rings. The molecule has 2 unspecified atom stereocenters. The third-order valence-corrected chi connectivity index (χ3v) is 3.23. The smallest absolute Gasteiger partial charge is 0.0234 e. The molecule has 1 fully saturated rings. The SMILES string of the molecule is CCC(C)N(C)C1CCN(C)C1. The van der Waals surface area contributed by atoms with E-state index in [0.717, 1.165) is 12.1 Å². The van der Waals surface area contributed by atoms with E-state index in [2.05, 4.69) is 37.7 Å². The van der Waals surface area contributed by atoms with E-state index in [1.165, 1.54) is 25.9 Å². The minimum absolute atomic E-state index is 0.737. The molecule has 0 amide bonds. The lowest BCUT2D eigenvalue weighted by Crippen LogP contribution is -2.39. The Morgan fingerprint density at radius 3 is 2.67 bits per heavy atom. The lowest BCUT2D eigenvalue weighted by molar-refractivity contribution is 0.182. The average molecular weight is 170 g/mol. The van der Waals surface area contributed by atoms with Crippen molar-refractivity contribution >= 4 is 0 Å². The normalized spacial score (nSPS) is 28.2. The Balaban J connectivity index is 2.37. The van der Waals surface area contributed by atoms with Gasteiger partial charge in [0.25, 0.3) is 0 Å². The first-order valence-corrected chi connectivity index (χ1v) is 5.05. The zero-order chi connectivity index (χ0) is 9.14. The summed E-state index contributed by atoms with van der Waals surface area (Å²) in [6.45, 7) is 7.10. The molecule has 0 N–H and O–H groups in total. The number of hydrogen-bond acceptors (Lipinski definition) is 2. The lowest BCUT2D eigenvalue weighted by Gasteiger charge is -2.29. The van der Waals surface area contributed by atoms with Gasteiger partial charge in [0.2, 0.25) is 0 Å². The minimum Gasteiger partial charge on any atom is -0.305 e. The zero-order valence-corrected chi connectivity index (χ0v) is 8.88. The van der Waals surface area contributed by atoms with Crippen molar-refractivity contribution in [3.05, 3.63) is 0 Å². The molecule has 1 rings (SSSR count). The first-order valence-electron chi connectivity index (χ1n) is 5.05. The van der Waals surface area contributed by atoms with Crippen LogP contribution in [0, 0.1) is 0 Å². The van der Waals surface area contributed by atoms with Gasteiger partial charge in [-0.1, -0.05) is 6.92 Å². The molecule has 0 aliphatic carbocycles. The van der Waals surface area contributed by atoms with Gasteiger partial charge in [-0.2, -0.15) is 0 Å². The van der Waals surface area contributed by atoms with E-state index >= 15 is 0 Å². The maximum absolute atomic E-state index is 2.53. The third-order valence-electron chi connectivity index (χ3n) is 3.23. The second-order valence-electron chi connectivity index (χ2n) is 4.13. The predicted octanol–water partition coefficient (Wildman–Crippen LogP) is 1.42. The van der Waals surface area contributed by atoms with E-state index in [-0.39, 0.29) is 0 Å². The molecule has 0 bridgehead atoms. The van der Waals surface area contributed by atoms with E-state index in [1.54, 1.807) is 0 Å². The van der Waals surface area contributed by atoms with Crippen molar-refractivity contribution in [2.75, 3.05) is 27.2 Å². The van der Waals surface area contributed by atoms with Crippen molar-refractivity contribution in [3.63, 3.8) is 0 Å². The van der Waals surface area contributed by atoms with Gasteiger partial charge in [-0.15, -0.1) is 0 Å². The quantitative estimate of drug-likeness (QED) is 0.632. The van der Waals surface area contributed by atoms with Crippen LogP contribution in [0.25, 0.3) is 0 Å². The summed E-state index contributed by atoms with van der Waals surface area (Å²) in [6.07, 6.45) is 2.61. The van der Waals surface area contributed by atoms with Gasteiger partial charge in [-0.05, 0) is 40.4 Å². The van der Waals surface area contributed by atoms with Crippen molar-refractivity contribution in [2.24, 2.45) is 0 Å². The van der Waals surface area contributed by atoms with E-state index < -0.39 is 0 Å². The van der Waals surface area contributed by atoms with Crippen LogP contribution in [0.3, 0.4) is 0 Å². The summed E-state index contributed by atoms with van der Waals surface area (Å²) in [6, 6.07) is 1.53. The third kappa shape index (κ3) is 2.20. The molecule has 2 heteroatoms.